The van der Waals surface area contributed by atoms with Crippen molar-refractivity contribution in [1.82, 2.24) is 5.32 Å². The van der Waals surface area contributed by atoms with E-state index in [9.17, 15) is 9.59 Å². The van der Waals surface area contributed by atoms with Crippen LogP contribution in [0.25, 0.3) is 0 Å². The van der Waals surface area contributed by atoms with Crippen LogP contribution >= 0.6 is 0 Å². The van der Waals surface area contributed by atoms with Crippen molar-refractivity contribution in [2.75, 3.05) is 6.61 Å². The molecule has 1 fully saturated rings. The summed E-state index contributed by atoms with van der Waals surface area (Å²) in [6.45, 7) is 4.45. The van der Waals surface area contributed by atoms with Crippen LogP contribution < -0.4 is 5.32 Å². The molecule has 2 atom stereocenters. The van der Waals surface area contributed by atoms with Crippen LogP contribution in [0.5, 0.6) is 0 Å². The first-order valence-electron chi connectivity index (χ1n) is 7.24. The first kappa shape index (κ1) is 15.6. The van der Waals surface area contributed by atoms with E-state index >= 15 is 0 Å². The van der Waals surface area contributed by atoms with E-state index in [0.717, 1.165) is 25.9 Å². The van der Waals surface area contributed by atoms with Gasteiger partial charge < -0.3 is 19.6 Å². The lowest BCUT2D eigenvalue weighted by molar-refractivity contribution is -0.136. The van der Waals surface area contributed by atoms with Gasteiger partial charge in [0.15, 0.2) is 0 Å². The van der Waals surface area contributed by atoms with Gasteiger partial charge in [0.25, 0.3) is 5.91 Å². The second-order valence-electron chi connectivity index (χ2n) is 5.33. The first-order valence-corrected chi connectivity index (χ1v) is 7.24. The van der Waals surface area contributed by atoms with Gasteiger partial charge in [-0.1, -0.05) is 6.92 Å². The van der Waals surface area contributed by atoms with Crippen molar-refractivity contribution in [2.24, 2.45) is 0 Å². The van der Waals surface area contributed by atoms with Crippen molar-refractivity contribution in [1.29, 1.82) is 0 Å². The highest BCUT2D eigenvalue weighted by atomic mass is 16.5. The Labute approximate surface area is 123 Å². The average Bonchev–Trinajstić information content (AvgIpc) is 3.05. The van der Waals surface area contributed by atoms with Crippen LogP contribution in [-0.2, 0) is 16.0 Å². The monoisotopic (exact) mass is 295 g/mol. The molecule has 2 N–H and O–H groups in total. The zero-order chi connectivity index (χ0) is 15.4. The Morgan fingerprint density at radius 2 is 2.29 bits per heavy atom. The molecule has 1 saturated heterocycles. The van der Waals surface area contributed by atoms with Crippen molar-refractivity contribution in [2.45, 2.75) is 51.7 Å². The van der Waals surface area contributed by atoms with Gasteiger partial charge >= 0.3 is 5.97 Å². The highest BCUT2D eigenvalue weighted by Crippen LogP contribution is 2.21. The minimum Gasteiger partial charge on any atom is -0.481 e. The molecular weight excluding hydrogens is 274 g/mol. The van der Waals surface area contributed by atoms with Crippen molar-refractivity contribution >= 4 is 11.9 Å². The van der Waals surface area contributed by atoms with Crippen molar-refractivity contribution in [3.8, 4) is 0 Å². The Morgan fingerprint density at radius 1 is 1.52 bits per heavy atom. The van der Waals surface area contributed by atoms with Gasteiger partial charge in [-0.25, -0.2) is 0 Å². The molecule has 1 aliphatic heterocycles. The zero-order valence-electron chi connectivity index (χ0n) is 12.3. The van der Waals surface area contributed by atoms with Crippen molar-refractivity contribution in [3.05, 3.63) is 23.2 Å². The smallest absolute Gasteiger partial charge is 0.311 e. The number of aryl methyl sites for hydroxylation is 1. The Kier molecular flexibility index (Phi) is 5.01. The van der Waals surface area contributed by atoms with Gasteiger partial charge in [0, 0.05) is 12.2 Å². The van der Waals surface area contributed by atoms with Gasteiger partial charge in [0.05, 0.1) is 24.0 Å². The Balaban J connectivity index is 2.11. The number of hydrogen-bond donors (Lipinski definition) is 2. The van der Waals surface area contributed by atoms with Crippen molar-refractivity contribution < 1.29 is 23.8 Å². The second-order valence-corrected chi connectivity index (χ2v) is 5.33. The fourth-order valence-electron chi connectivity index (χ4n) is 2.69. The third-order valence-corrected chi connectivity index (χ3v) is 3.76. The summed E-state index contributed by atoms with van der Waals surface area (Å²) in [4.78, 5) is 23.3. The molecule has 0 saturated carbocycles. The molecule has 1 amide bonds. The molecule has 0 radical (unpaired) electrons. The third kappa shape index (κ3) is 3.64. The zero-order valence-corrected chi connectivity index (χ0v) is 12.3. The number of amides is 1. The number of rotatable bonds is 6. The number of carboxylic acid groups (broad SMARTS) is 1. The number of carbonyl (C=O) groups excluding carboxylic acids is 1. The number of carbonyl (C=O) groups is 2. The molecule has 0 aromatic carbocycles. The van der Waals surface area contributed by atoms with E-state index in [1.807, 2.05) is 6.92 Å². The van der Waals surface area contributed by atoms with Crippen LogP contribution in [0.4, 0.5) is 0 Å². The molecular formula is C15H21NO5. The van der Waals surface area contributed by atoms with Gasteiger partial charge in [-0.2, -0.15) is 0 Å². The van der Waals surface area contributed by atoms with E-state index in [0.29, 0.717) is 11.1 Å². The maximum atomic E-state index is 12.4. The third-order valence-electron chi connectivity index (χ3n) is 3.76. The fourth-order valence-corrected chi connectivity index (χ4v) is 2.69. The van der Waals surface area contributed by atoms with Crippen LogP contribution in [0.1, 0.15) is 47.9 Å². The summed E-state index contributed by atoms with van der Waals surface area (Å²) in [5, 5.41) is 11.8. The minimum absolute atomic E-state index is 0.0362. The fraction of sp³-hybridized carbons (Fsp3) is 0.600. The van der Waals surface area contributed by atoms with E-state index < -0.39 is 5.97 Å². The van der Waals surface area contributed by atoms with Gasteiger partial charge in [0.2, 0.25) is 0 Å². The number of ether oxygens (including phenoxy) is 1. The lowest BCUT2D eigenvalue weighted by Crippen LogP contribution is -2.43. The predicted octanol–water partition coefficient (Wildman–Crippen LogP) is 1.90. The SMILES string of the molecule is CCC(NC(=O)c1c(C)coc1CC(=O)O)C1CCCO1. The summed E-state index contributed by atoms with van der Waals surface area (Å²) in [7, 11) is 0. The van der Waals surface area contributed by atoms with E-state index in [-0.39, 0.29) is 30.2 Å². The van der Waals surface area contributed by atoms with Crippen LogP contribution in [0.3, 0.4) is 0 Å². The lowest BCUT2D eigenvalue weighted by Gasteiger charge is -2.23. The van der Waals surface area contributed by atoms with Crippen LogP contribution in [-0.4, -0.2) is 35.7 Å². The molecule has 0 aliphatic carbocycles. The Bertz CT molecular complexity index is 516. The topological polar surface area (TPSA) is 88.8 Å². The molecule has 6 heteroatoms. The number of aliphatic carboxylic acids is 1. The van der Waals surface area contributed by atoms with E-state index in [4.69, 9.17) is 14.3 Å². The van der Waals surface area contributed by atoms with Gasteiger partial charge in [-0.15, -0.1) is 0 Å². The highest BCUT2D eigenvalue weighted by Gasteiger charge is 2.28. The summed E-state index contributed by atoms with van der Waals surface area (Å²) >= 11 is 0. The standard InChI is InChI=1S/C15H21NO5/c1-3-10(11-5-4-6-20-11)16-15(19)14-9(2)8-21-12(14)7-13(17)18/h8,10-11H,3-7H2,1-2H3,(H,16,19)(H,17,18). The average molecular weight is 295 g/mol. The maximum absolute atomic E-state index is 12.4. The largest absolute Gasteiger partial charge is 0.481 e. The molecule has 1 aromatic rings. The molecule has 21 heavy (non-hydrogen) atoms. The molecule has 0 spiro atoms. The lowest BCUT2D eigenvalue weighted by atomic mass is 10.0. The summed E-state index contributed by atoms with van der Waals surface area (Å²) in [5.41, 5.74) is 0.972. The van der Waals surface area contributed by atoms with Gasteiger partial charge in [-0.3, -0.25) is 9.59 Å². The minimum atomic E-state index is -1.02. The van der Waals surface area contributed by atoms with Crippen molar-refractivity contribution in [3.63, 3.8) is 0 Å². The van der Waals surface area contributed by atoms with Crippen LogP contribution in [0, 0.1) is 6.92 Å². The summed E-state index contributed by atoms with van der Waals surface area (Å²) < 4.78 is 10.8. The summed E-state index contributed by atoms with van der Waals surface area (Å²) in [5.74, 6) is -1.12. The summed E-state index contributed by atoms with van der Waals surface area (Å²) in [6, 6.07) is -0.0630. The molecule has 6 nitrogen and oxygen atoms in total. The van der Waals surface area contributed by atoms with Gasteiger partial charge in [-0.05, 0) is 26.2 Å². The highest BCUT2D eigenvalue weighted by molar-refractivity contribution is 5.97. The second kappa shape index (κ2) is 6.76. The molecule has 116 valence electrons. The Morgan fingerprint density at radius 3 is 2.86 bits per heavy atom. The van der Waals surface area contributed by atoms with Crippen LogP contribution in [0.15, 0.2) is 10.7 Å². The quantitative estimate of drug-likeness (QED) is 0.836. The molecule has 0 bridgehead atoms. The predicted molar refractivity (Wildman–Crippen MR) is 75.3 cm³/mol. The normalized spacial score (nSPS) is 19.4. The molecule has 2 unspecified atom stereocenters. The van der Waals surface area contributed by atoms with E-state index in [1.54, 1.807) is 6.92 Å². The van der Waals surface area contributed by atoms with E-state index in [1.165, 1.54) is 6.26 Å². The Hall–Kier alpha value is -1.82. The maximum Gasteiger partial charge on any atom is 0.311 e. The number of nitrogens with one attached hydrogen (secondary N) is 1. The van der Waals surface area contributed by atoms with Crippen LogP contribution in [0.2, 0.25) is 0 Å². The summed E-state index contributed by atoms with van der Waals surface area (Å²) in [6.07, 6.45) is 3.86. The first-order chi connectivity index (χ1) is 10.0. The molecule has 2 heterocycles. The van der Waals surface area contributed by atoms with E-state index in [2.05, 4.69) is 5.32 Å². The number of carboxylic acids is 1. The molecule has 1 aromatic heterocycles. The molecule has 1 aliphatic rings. The van der Waals surface area contributed by atoms with Gasteiger partial charge in [0.1, 0.15) is 12.2 Å². The number of furan rings is 1. The number of hydrogen-bond acceptors (Lipinski definition) is 4. The molecule has 2 rings (SSSR count).